The Morgan fingerprint density at radius 3 is 2.67 bits per heavy atom. The summed E-state index contributed by atoms with van der Waals surface area (Å²) < 4.78 is 10.8. The first-order valence-corrected chi connectivity index (χ1v) is 5.01. The number of benzene rings is 1. The second-order valence-corrected chi connectivity index (χ2v) is 3.36. The number of ether oxygens (including phenoxy) is 2. The molecule has 0 saturated heterocycles. The maximum Gasteiger partial charge on any atom is 0.161 e. The molecule has 0 spiro atoms. The number of carbonyl (C=O) groups is 1. The lowest BCUT2D eigenvalue weighted by molar-refractivity contribution is 0.112. The zero-order valence-electron chi connectivity index (χ0n) is 9.32. The highest BCUT2D eigenvalue weighted by Gasteiger charge is 2.08. The fraction of sp³-hybridized carbons (Fsp3) is 0.417. The Bertz CT molecular complexity index is 334. The third-order valence-electron chi connectivity index (χ3n) is 2.23. The van der Waals surface area contributed by atoms with Crippen molar-refractivity contribution in [1.29, 1.82) is 0 Å². The molecule has 1 atom stereocenters. The molecule has 0 fully saturated rings. The van der Waals surface area contributed by atoms with Crippen molar-refractivity contribution in [3.05, 3.63) is 23.8 Å². The predicted molar refractivity (Wildman–Crippen MR) is 58.8 cm³/mol. The molecule has 3 nitrogen and oxygen atoms in total. The van der Waals surface area contributed by atoms with E-state index in [1.807, 2.05) is 6.92 Å². The van der Waals surface area contributed by atoms with E-state index in [1.54, 1.807) is 25.3 Å². The number of methoxy groups -OCH3 is 1. The molecule has 0 saturated carbocycles. The minimum absolute atomic E-state index is 0.140. The van der Waals surface area contributed by atoms with E-state index in [-0.39, 0.29) is 6.10 Å². The maximum atomic E-state index is 10.6. The highest BCUT2D eigenvalue weighted by molar-refractivity contribution is 5.76. The van der Waals surface area contributed by atoms with Gasteiger partial charge in [-0.15, -0.1) is 0 Å². The molecule has 0 N–H and O–H groups in total. The van der Waals surface area contributed by atoms with Gasteiger partial charge in [0, 0.05) is 5.56 Å². The van der Waals surface area contributed by atoms with Crippen LogP contribution in [0, 0.1) is 0 Å². The SMILES string of the molecule is CCC(C)Oc1ccc(C=O)cc1OC. The van der Waals surface area contributed by atoms with Gasteiger partial charge in [0.05, 0.1) is 13.2 Å². The first kappa shape index (κ1) is 11.6. The van der Waals surface area contributed by atoms with E-state index >= 15 is 0 Å². The third-order valence-corrected chi connectivity index (χ3v) is 2.23. The van der Waals surface area contributed by atoms with Crippen LogP contribution in [0.2, 0.25) is 0 Å². The molecule has 0 aliphatic rings. The molecule has 1 aromatic rings. The standard InChI is InChI=1S/C12H16O3/c1-4-9(2)15-11-6-5-10(8-13)7-12(11)14-3/h5-9H,4H2,1-3H3. The van der Waals surface area contributed by atoms with Crippen molar-refractivity contribution in [1.82, 2.24) is 0 Å². The molecule has 3 heteroatoms. The quantitative estimate of drug-likeness (QED) is 0.698. The normalized spacial score (nSPS) is 11.9. The van der Waals surface area contributed by atoms with Crippen molar-refractivity contribution in [2.24, 2.45) is 0 Å². The molecule has 1 rings (SSSR count). The van der Waals surface area contributed by atoms with Crippen LogP contribution in [0.15, 0.2) is 18.2 Å². The topological polar surface area (TPSA) is 35.5 Å². The molecule has 1 unspecified atom stereocenters. The Morgan fingerprint density at radius 1 is 1.40 bits per heavy atom. The Hall–Kier alpha value is -1.51. The van der Waals surface area contributed by atoms with E-state index in [2.05, 4.69) is 6.92 Å². The average molecular weight is 208 g/mol. The van der Waals surface area contributed by atoms with Gasteiger partial charge in [-0.2, -0.15) is 0 Å². The summed E-state index contributed by atoms with van der Waals surface area (Å²) in [6.45, 7) is 4.05. The smallest absolute Gasteiger partial charge is 0.161 e. The van der Waals surface area contributed by atoms with Crippen LogP contribution in [-0.4, -0.2) is 19.5 Å². The zero-order valence-corrected chi connectivity index (χ0v) is 9.32. The molecule has 1 aromatic carbocycles. The minimum atomic E-state index is 0.140. The van der Waals surface area contributed by atoms with Crippen molar-refractivity contribution in [3.63, 3.8) is 0 Å². The number of hydrogen-bond donors (Lipinski definition) is 0. The second kappa shape index (κ2) is 5.39. The van der Waals surface area contributed by atoms with Gasteiger partial charge in [-0.25, -0.2) is 0 Å². The summed E-state index contributed by atoms with van der Waals surface area (Å²) in [6.07, 6.45) is 1.86. The van der Waals surface area contributed by atoms with E-state index in [0.717, 1.165) is 12.7 Å². The summed E-state index contributed by atoms with van der Waals surface area (Å²) in [4.78, 5) is 10.6. The highest BCUT2D eigenvalue weighted by Crippen LogP contribution is 2.28. The van der Waals surface area contributed by atoms with E-state index in [4.69, 9.17) is 9.47 Å². The van der Waals surface area contributed by atoms with Crippen molar-refractivity contribution in [2.45, 2.75) is 26.4 Å². The predicted octanol–water partition coefficient (Wildman–Crippen LogP) is 2.69. The number of hydrogen-bond acceptors (Lipinski definition) is 3. The largest absolute Gasteiger partial charge is 0.493 e. The van der Waals surface area contributed by atoms with Gasteiger partial charge in [0.25, 0.3) is 0 Å². The van der Waals surface area contributed by atoms with Gasteiger partial charge in [-0.1, -0.05) is 6.92 Å². The molecule has 0 heterocycles. The lowest BCUT2D eigenvalue weighted by atomic mass is 10.2. The first-order valence-electron chi connectivity index (χ1n) is 5.01. The number of aldehydes is 1. The summed E-state index contributed by atoms with van der Waals surface area (Å²) in [5, 5.41) is 0. The minimum Gasteiger partial charge on any atom is -0.493 e. The summed E-state index contributed by atoms with van der Waals surface area (Å²) >= 11 is 0. The van der Waals surface area contributed by atoms with Gasteiger partial charge in [0.1, 0.15) is 6.29 Å². The lowest BCUT2D eigenvalue weighted by Crippen LogP contribution is -2.10. The van der Waals surface area contributed by atoms with Crippen LogP contribution in [0.3, 0.4) is 0 Å². The molecule has 0 aliphatic carbocycles. The van der Waals surface area contributed by atoms with E-state index in [0.29, 0.717) is 17.1 Å². The van der Waals surface area contributed by atoms with Gasteiger partial charge in [0.2, 0.25) is 0 Å². The van der Waals surface area contributed by atoms with Gasteiger partial charge in [-0.05, 0) is 31.5 Å². The highest BCUT2D eigenvalue weighted by atomic mass is 16.5. The van der Waals surface area contributed by atoms with Gasteiger partial charge in [-0.3, -0.25) is 4.79 Å². The summed E-state index contributed by atoms with van der Waals surface area (Å²) in [7, 11) is 1.56. The summed E-state index contributed by atoms with van der Waals surface area (Å²) in [5.41, 5.74) is 0.586. The monoisotopic (exact) mass is 208 g/mol. The zero-order chi connectivity index (χ0) is 11.3. The number of rotatable bonds is 5. The van der Waals surface area contributed by atoms with Crippen LogP contribution >= 0.6 is 0 Å². The van der Waals surface area contributed by atoms with E-state index in [9.17, 15) is 4.79 Å². The van der Waals surface area contributed by atoms with Crippen LogP contribution in [-0.2, 0) is 0 Å². The van der Waals surface area contributed by atoms with Crippen molar-refractivity contribution >= 4 is 6.29 Å². The Labute approximate surface area is 90.0 Å². The molecule has 0 aromatic heterocycles. The van der Waals surface area contributed by atoms with Crippen LogP contribution in [0.5, 0.6) is 11.5 Å². The number of carbonyl (C=O) groups excluding carboxylic acids is 1. The second-order valence-electron chi connectivity index (χ2n) is 3.36. The van der Waals surface area contributed by atoms with Crippen LogP contribution in [0.25, 0.3) is 0 Å². The summed E-state index contributed by atoms with van der Waals surface area (Å²) in [6, 6.07) is 5.15. The maximum absolute atomic E-state index is 10.6. The molecular weight excluding hydrogens is 192 g/mol. The van der Waals surface area contributed by atoms with Crippen molar-refractivity contribution in [3.8, 4) is 11.5 Å². The molecule has 15 heavy (non-hydrogen) atoms. The van der Waals surface area contributed by atoms with Crippen LogP contribution in [0.1, 0.15) is 30.6 Å². The van der Waals surface area contributed by atoms with Crippen molar-refractivity contribution in [2.75, 3.05) is 7.11 Å². The molecule has 0 amide bonds. The molecule has 0 radical (unpaired) electrons. The Balaban J connectivity index is 2.92. The van der Waals surface area contributed by atoms with Crippen molar-refractivity contribution < 1.29 is 14.3 Å². The Kier molecular flexibility index (Phi) is 4.16. The van der Waals surface area contributed by atoms with Gasteiger partial charge >= 0.3 is 0 Å². The Morgan fingerprint density at radius 2 is 2.13 bits per heavy atom. The third kappa shape index (κ3) is 2.98. The average Bonchev–Trinajstić information content (AvgIpc) is 2.29. The van der Waals surface area contributed by atoms with E-state index < -0.39 is 0 Å². The molecular formula is C12H16O3. The van der Waals surface area contributed by atoms with Gasteiger partial charge < -0.3 is 9.47 Å². The first-order chi connectivity index (χ1) is 7.21. The lowest BCUT2D eigenvalue weighted by Gasteiger charge is -2.15. The van der Waals surface area contributed by atoms with Gasteiger partial charge in [0.15, 0.2) is 11.5 Å². The van der Waals surface area contributed by atoms with Crippen LogP contribution < -0.4 is 9.47 Å². The molecule has 82 valence electrons. The fourth-order valence-corrected chi connectivity index (χ4v) is 1.15. The fourth-order valence-electron chi connectivity index (χ4n) is 1.15. The molecule has 0 aliphatic heterocycles. The van der Waals surface area contributed by atoms with Crippen LogP contribution in [0.4, 0.5) is 0 Å². The van der Waals surface area contributed by atoms with E-state index in [1.165, 1.54) is 0 Å². The molecule has 0 bridgehead atoms. The summed E-state index contributed by atoms with van der Waals surface area (Å²) in [5.74, 6) is 1.28.